The fraction of sp³-hybridized carbons (Fsp3) is 0.440. The molecular weight excluding hydrogens is 454 g/mol. The van der Waals surface area contributed by atoms with Crippen molar-refractivity contribution in [3.63, 3.8) is 0 Å². The van der Waals surface area contributed by atoms with Gasteiger partial charge in [-0.15, -0.1) is 0 Å². The third-order valence-corrected chi connectivity index (χ3v) is 6.92. The molecule has 1 aliphatic rings. The highest BCUT2D eigenvalue weighted by molar-refractivity contribution is 9.10. The van der Waals surface area contributed by atoms with Crippen LogP contribution in [0.15, 0.2) is 28.9 Å². The second kappa shape index (κ2) is 8.65. The number of pyridine rings is 1. The van der Waals surface area contributed by atoms with Gasteiger partial charge in [0.1, 0.15) is 5.82 Å². The largest absolute Gasteiger partial charge is 0.481 e. The van der Waals surface area contributed by atoms with Gasteiger partial charge in [0.05, 0.1) is 11.2 Å². The highest BCUT2D eigenvalue weighted by Crippen LogP contribution is 2.36. The summed E-state index contributed by atoms with van der Waals surface area (Å²) in [5.74, 6) is 0.863. The lowest BCUT2D eigenvalue weighted by molar-refractivity contribution is -0.137. The van der Waals surface area contributed by atoms with Gasteiger partial charge in [-0.2, -0.15) is 0 Å². The van der Waals surface area contributed by atoms with E-state index in [4.69, 9.17) is 10.1 Å². The van der Waals surface area contributed by atoms with Crippen LogP contribution in [0.3, 0.4) is 0 Å². The number of carboxylic acids is 1. The van der Waals surface area contributed by atoms with E-state index in [-0.39, 0.29) is 6.42 Å². The standard InChI is InChI=1S/C25H30BrN3O2/c1-15-11-20(26)12-16(2)24(15)29-14-17(3)23-21(29)13-18(4)27-25(23)28-9-7-19(8-10-28)5-6-22(30)31/h11-14,19H,5-10H2,1-4H3,(H,30,31). The van der Waals surface area contributed by atoms with Gasteiger partial charge in [-0.25, -0.2) is 4.98 Å². The maximum atomic E-state index is 10.9. The maximum absolute atomic E-state index is 10.9. The molecule has 0 spiro atoms. The predicted octanol–water partition coefficient (Wildman–Crippen LogP) is 6.10. The molecule has 1 fully saturated rings. The summed E-state index contributed by atoms with van der Waals surface area (Å²) in [6, 6.07) is 6.52. The summed E-state index contributed by atoms with van der Waals surface area (Å²) in [6.07, 6.45) is 5.32. The number of carboxylic acid groups (broad SMARTS) is 1. The Labute approximate surface area is 192 Å². The van der Waals surface area contributed by atoms with Crippen molar-refractivity contribution in [3.8, 4) is 5.69 Å². The topological polar surface area (TPSA) is 58.4 Å². The Kier molecular flexibility index (Phi) is 6.11. The average Bonchev–Trinajstić information content (AvgIpc) is 3.01. The summed E-state index contributed by atoms with van der Waals surface area (Å²) in [5.41, 5.74) is 7.14. The molecule has 1 aliphatic heterocycles. The van der Waals surface area contributed by atoms with Crippen molar-refractivity contribution < 1.29 is 9.90 Å². The van der Waals surface area contributed by atoms with E-state index >= 15 is 0 Å². The minimum atomic E-state index is -0.694. The van der Waals surface area contributed by atoms with Crippen molar-refractivity contribution in [2.75, 3.05) is 18.0 Å². The molecule has 0 saturated carbocycles. The van der Waals surface area contributed by atoms with Gasteiger partial charge < -0.3 is 14.6 Å². The first-order valence-corrected chi connectivity index (χ1v) is 11.8. The first-order valence-electron chi connectivity index (χ1n) is 11.0. The average molecular weight is 484 g/mol. The zero-order chi connectivity index (χ0) is 22.3. The Morgan fingerprint density at radius 2 is 1.74 bits per heavy atom. The molecule has 164 valence electrons. The van der Waals surface area contributed by atoms with Crippen LogP contribution >= 0.6 is 15.9 Å². The van der Waals surface area contributed by atoms with E-state index in [2.05, 4.69) is 77.5 Å². The molecule has 3 heterocycles. The molecule has 5 nitrogen and oxygen atoms in total. The van der Waals surface area contributed by atoms with Crippen LogP contribution in [-0.4, -0.2) is 33.7 Å². The minimum absolute atomic E-state index is 0.269. The molecule has 0 unspecified atom stereocenters. The van der Waals surface area contributed by atoms with E-state index in [0.29, 0.717) is 5.92 Å². The number of aromatic nitrogens is 2. The number of fused-ring (bicyclic) bond motifs is 1. The van der Waals surface area contributed by atoms with Gasteiger partial charge in [0.2, 0.25) is 0 Å². The number of anilines is 1. The molecule has 0 amide bonds. The Balaban J connectivity index is 1.72. The molecule has 1 saturated heterocycles. The molecular formula is C25H30BrN3O2. The number of nitrogens with zero attached hydrogens (tertiary/aromatic N) is 3. The summed E-state index contributed by atoms with van der Waals surface area (Å²) >= 11 is 3.62. The summed E-state index contributed by atoms with van der Waals surface area (Å²) in [5, 5.41) is 10.2. The number of aliphatic carboxylic acids is 1. The number of hydrogen-bond donors (Lipinski definition) is 1. The molecule has 1 N–H and O–H groups in total. The zero-order valence-corrected chi connectivity index (χ0v) is 20.3. The van der Waals surface area contributed by atoms with Crippen molar-refractivity contribution >= 4 is 38.6 Å². The fourth-order valence-corrected chi connectivity index (χ4v) is 5.68. The van der Waals surface area contributed by atoms with Crippen molar-refractivity contribution in [2.45, 2.75) is 53.4 Å². The molecule has 0 aliphatic carbocycles. The van der Waals surface area contributed by atoms with E-state index in [9.17, 15) is 4.79 Å². The molecule has 31 heavy (non-hydrogen) atoms. The van der Waals surface area contributed by atoms with Crippen LogP contribution in [0, 0.1) is 33.6 Å². The number of benzene rings is 1. The maximum Gasteiger partial charge on any atom is 0.303 e. The van der Waals surface area contributed by atoms with E-state index in [0.717, 1.165) is 48.3 Å². The van der Waals surface area contributed by atoms with Crippen LogP contribution in [0.4, 0.5) is 5.82 Å². The van der Waals surface area contributed by atoms with Crippen LogP contribution in [0.25, 0.3) is 16.6 Å². The molecule has 2 aromatic heterocycles. The van der Waals surface area contributed by atoms with Crippen molar-refractivity contribution in [2.24, 2.45) is 5.92 Å². The van der Waals surface area contributed by atoms with E-state index in [1.54, 1.807) is 0 Å². The zero-order valence-electron chi connectivity index (χ0n) is 18.7. The quantitative estimate of drug-likeness (QED) is 0.475. The Morgan fingerprint density at radius 1 is 1.10 bits per heavy atom. The van der Waals surface area contributed by atoms with E-state index in [1.165, 1.54) is 33.3 Å². The lowest BCUT2D eigenvalue weighted by atomic mass is 9.92. The third kappa shape index (κ3) is 4.36. The number of hydrogen-bond acceptors (Lipinski definition) is 3. The second-order valence-electron chi connectivity index (χ2n) is 8.91. The molecule has 0 radical (unpaired) electrons. The third-order valence-electron chi connectivity index (χ3n) is 6.46. The molecule has 0 bridgehead atoms. The van der Waals surface area contributed by atoms with Crippen LogP contribution in [0.5, 0.6) is 0 Å². The van der Waals surface area contributed by atoms with Gasteiger partial charge in [0.15, 0.2) is 0 Å². The van der Waals surface area contributed by atoms with Gasteiger partial charge in [-0.3, -0.25) is 4.79 Å². The van der Waals surface area contributed by atoms with Gasteiger partial charge in [-0.05, 0) is 87.8 Å². The normalized spacial score (nSPS) is 15.1. The lowest BCUT2D eigenvalue weighted by Crippen LogP contribution is -2.34. The molecule has 1 aromatic carbocycles. The molecule has 6 heteroatoms. The highest BCUT2D eigenvalue weighted by atomic mass is 79.9. The van der Waals surface area contributed by atoms with Gasteiger partial charge >= 0.3 is 5.97 Å². The Hall–Kier alpha value is -2.34. The van der Waals surface area contributed by atoms with Gasteiger partial charge in [0.25, 0.3) is 0 Å². The summed E-state index contributed by atoms with van der Waals surface area (Å²) < 4.78 is 3.42. The van der Waals surface area contributed by atoms with E-state index in [1.807, 2.05) is 0 Å². The highest BCUT2D eigenvalue weighted by Gasteiger charge is 2.24. The van der Waals surface area contributed by atoms with Crippen LogP contribution in [-0.2, 0) is 4.79 Å². The summed E-state index contributed by atoms with van der Waals surface area (Å²) in [7, 11) is 0. The molecule has 0 atom stereocenters. The Morgan fingerprint density at radius 3 is 2.35 bits per heavy atom. The number of piperidine rings is 1. The van der Waals surface area contributed by atoms with Crippen molar-refractivity contribution in [1.29, 1.82) is 0 Å². The summed E-state index contributed by atoms with van der Waals surface area (Å²) in [4.78, 5) is 18.3. The van der Waals surface area contributed by atoms with E-state index < -0.39 is 5.97 Å². The SMILES string of the molecule is Cc1cc2c(c(C)cn2-c2c(C)cc(Br)cc2C)c(N2CCC(CCC(=O)O)CC2)n1. The second-order valence-corrected chi connectivity index (χ2v) is 9.83. The first-order chi connectivity index (χ1) is 14.7. The Bertz CT molecular complexity index is 1120. The molecule has 4 rings (SSSR count). The summed E-state index contributed by atoms with van der Waals surface area (Å²) in [6.45, 7) is 10.4. The van der Waals surface area contributed by atoms with Crippen molar-refractivity contribution in [3.05, 3.63) is 51.3 Å². The number of rotatable bonds is 5. The molecule has 3 aromatic rings. The van der Waals surface area contributed by atoms with Crippen molar-refractivity contribution in [1.82, 2.24) is 9.55 Å². The fourth-order valence-electron chi connectivity index (χ4n) is 4.99. The number of halogens is 1. The minimum Gasteiger partial charge on any atom is -0.481 e. The van der Waals surface area contributed by atoms with Crippen LogP contribution < -0.4 is 4.90 Å². The van der Waals surface area contributed by atoms with Crippen LogP contribution in [0.1, 0.15) is 48.1 Å². The monoisotopic (exact) mass is 483 g/mol. The smallest absolute Gasteiger partial charge is 0.303 e. The van der Waals surface area contributed by atoms with Crippen LogP contribution in [0.2, 0.25) is 0 Å². The predicted molar refractivity (Wildman–Crippen MR) is 130 cm³/mol. The van der Waals surface area contributed by atoms with Gasteiger partial charge in [-0.1, -0.05) is 15.9 Å². The number of aryl methyl sites for hydroxylation is 4. The number of carbonyl (C=O) groups is 1. The lowest BCUT2D eigenvalue weighted by Gasteiger charge is -2.33. The first kappa shape index (κ1) is 21.9. The van der Waals surface area contributed by atoms with Gasteiger partial charge in [0, 0.05) is 41.3 Å².